The molecule has 0 fully saturated rings. The molecule has 0 saturated heterocycles. The zero-order chi connectivity index (χ0) is 21.0. The molecule has 2 aliphatic rings. The fourth-order valence-corrected chi connectivity index (χ4v) is 4.74. The number of amides is 1. The van der Waals surface area contributed by atoms with Crippen molar-refractivity contribution in [1.29, 1.82) is 0 Å². The van der Waals surface area contributed by atoms with E-state index in [2.05, 4.69) is 59.4 Å². The van der Waals surface area contributed by atoms with Crippen LogP contribution in [0.2, 0.25) is 0 Å². The van der Waals surface area contributed by atoms with Crippen LogP contribution in [0.1, 0.15) is 33.5 Å². The van der Waals surface area contributed by atoms with E-state index in [1.165, 1.54) is 16.7 Å². The molecule has 0 radical (unpaired) electrons. The second kappa shape index (κ2) is 6.52. The van der Waals surface area contributed by atoms with Gasteiger partial charge in [-0.2, -0.15) is 0 Å². The fraction of sp³-hybridized carbons (Fsp3) is 0.148. The highest BCUT2D eigenvalue weighted by molar-refractivity contribution is 6.06. The summed E-state index contributed by atoms with van der Waals surface area (Å²) in [4.78, 5) is 22.1. The molecule has 2 aromatic carbocycles. The summed E-state index contributed by atoms with van der Waals surface area (Å²) in [5, 5.41) is 4.04. The van der Waals surface area contributed by atoms with Gasteiger partial charge in [0.05, 0.1) is 10.9 Å². The highest BCUT2D eigenvalue weighted by atomic mass is 16.2. The van der Waals surface area contributed by atoms with E-state index in [0.29, 0.717) is 18.7 Å². The van der Waals surface area contributed by atoms with Gasteiger partial charge in [0, 0.05) is 22.7 Å². The van der Waals surface area contributed by atoms with E-state index in [-0.39, 0.29) is 5.91 Å². The molecule has 4 nitrogen and oxygen atoms in total. The lowest BCUT2D eigenvalue weighted by molar-refractivity contribution is -0.120. The van der Waals surface area contributed by atoms with E-state index in [1.807, 2.05) is 30.3 Å². The van der Waals surface area contributed by atoms with Gasteiger partial charge >= 0.3 is 0 Å². The maximum absolute atomic E-state index is 12.9. The Morgan fingerprint density at radius 2 is 1.77 bits per heavy atom. The minimum atomic E-state index is -0.558. The number of anilines is 1. The Kier molecular flexibility index (Phi) is 3.75. The molecule has 3 heterocycles. The van der Waals surface area contributed by atoms with Crippen LogP contribution in [-0.4, -0.2) is 15.9 Å². The van der Waals surface area contributed by atoms with Crippen molar-refractivity contribution in [3.63, 3.8) is 0 Å². The third-order valence-corrected chi connectivity index (χ3v) is 6.37. The van der Waals surface area contributed by atoms with Gasteiger partial charge in [0.25, 0.3) is 0 Å². The average Bonchev–Trinajstić information content (AvgIpc) is 3.29. The van der Waals surface area contributed by atoms with Crippen molar-refractivity contribution in [2.45, 2.75) is 25.2 Å². The number of nitrogens with zero attached hydrogens (tertiary/aromatic N) is 2. The first-order valence-electron chi connectivity index (χ1n) is 10.4. The summed E-state index contributed by atoms with van der Waals surface area (Å²) < 4.78 is 0. The van der Waals surface area contributed by atoms with Crippen LogP contribution in [0.4, 0.5) is 5.82 Å². The summed E-state index contributed by atoms with van der Waals surface area (Å²) in [5.41, 5.74) is 6.67. The second-order valence-corrected chi connectivity index (χ2v) is 8.42. The summed E-state index contributed by atoms with van der Waals surface area (Å²) in [6, 6.07) is 20.4. The Bertz CT molecular complexity index is 1440. The summed E-state index contributed by atoms with van der Waals surface area (Å²) in [5.74, 6) is 7.10. The molecule has 1 aliphatic heterocycles. The molecule has 4 heteroatoms. The predicted octanol–water partition coefficient (Wildman–Crippen LogP) is 4.33. The zero-order valence-electron chi connectivity index (χ0n) is 17.1. The van der Waals surface area contributed by atoms with Crippen molar-refractivity contribution in [2.24, 2.45) is 0 Å². The van der Waals surface area contributed by atoms with Crippen LogP contribution in [-0.2, 0) is 23.1 Å². The number of hydrogen-bond acceptors (Lipinski definition) is 3. The Balaban J connectivity index is 1.37. The Morgan fingerprint density at radius 1 is 0.968 bits per heavy atom. The molecular formula is C27H19N3O. The molecule has 0 bridgehead atoms. The highest BCUT2D eigenvalue weighted by Crippen LogP contribution is 2.47. The molecule has 1 N–H and O–H groups in total. The lowest BCUT2D eigenvalue weighted by atomic mass is 9.79. The number of benzene rings is 2. The molecule has 6 rings (SSSR count). The van der Waals surface area contributed by atoms with Gasteiger partial charge in [0.1, 0.15) is 11.5 Å². The van der Waals surface area contributed by atoms with Gasteiger partial charge in [-0.25, -0.2) is 9.97 Å². The first kappa shape index (κ1) is 17.9. The van der Waals surface area contributed by atoms with Crippen molar-refractivity contribution in [3.8, 4) is 11.8 Å². The Hall–Kier alpha value is -3.97. The first-order chi connectivity index (χ1) is 15.1. The van der Waals surface area contributed by atoms with Crippen LogP contribution in [0.25, 0.3) is 10.9 Å². The molecule has 1 aliphatic carbocycles. The minimum absolute atomic E-state index is 0.0408. The minimum Gasteiger partial charge on any atom is -0.310 e. The van der Waals surface area contributed by atoms with Crippen molar-refractivity contribution in [3.05, 3.63) is 100 Å². The summed E-state index contributed by atoms with van der Waals surface area (Å²) in [7, 11) is 0. The Labute approximate surface area is 180 Å². The van der Waals surface area contributed by atoms with Gasteiger partial charge in [-0.3, -0.25) is 4.79 Å². The molecular weight excluding hydrogens is 382 g/mol. The van der Waals surface area contributed by atoms with Gasteiger partial charge in [-0.1, -0.05) is 29.7 Å². The van der Waals surface area contributed by atoms with E-state index >= 15 is 0 Å². The molecule has 1 spiro atoms. The van der Waals surface area contributed by atoms with E-state index in [0.717, 1.165) is 27.7 Å². The molecule has 0 saturated carbocycles. The van der Waals surface area contributed by atoms with Crippen LogP contribution >= 0.6 is 0 Å². The van der Waals surface area contributed by atoms with Crippen molar-refractivity contribution >= 4 is 22.6 Å². The molecule has 31 heavy (non-hydrogen) atoms. The molecule has 1 unspecified atom stereocenters. The van der Waals surface area contributed by atoms with Gasteiger partial charge in [-0.05, 0) is 79.3 Å². The van der Waals surface area contributed by atoms with E-state index < -0.39 is 5.41 Å². The summed E-state index contributed by atoms with van der Waals surface area (Å²) in [6.07, 6.45) is 3.08. The second-order valence-electron chi connectivity index (χ2n) is 8.42. The summed E-state index contributed by atoms with van der Waals surface area (Å²) >= 11 is 0. The van der Waals surface area contributed by atoms with E-state index in [9.17, 15) is 4.79 Å². The number of rotatable bonds is 0. The smallest absolute Gasteiger partial charge is 0.237 e. The Morgan fingerprint density at radius 3 is 2.61 bits per heavy atom. The lowest BCUT2D eigenvalue weighted by Gasteiger charge is -2.20. The molecule has 2 aromatic heterocycles. The maximum atomic E-state index is 12.9. The van der Waals surface area contributed by atoms with Crippen LogP contribution < -0.4 is 5.32 Å². The monoisotopic (exact) mass is 401 g/mol. The molecule has 148 valence electrons. The van der Waals surface area contributed by atoms with Gasteiger partial charge in [0.2, 0.25) is 5.91 Å². The van der Waals surface area contributed by atoms with Crippen LogP contribution in [0.15, 0.2) is 66.9 Å². The summed E-state index contributed by atoms with van der Waals surface area (Å²) in [6.45, 7) is 2.06. The van der Waals surface area contributed by atoms with Crippen LogP contribution in [0, 0.1) is 18.8 Å². The number of aryl methyl sites for hydroxylation is 1. The van der Waals surface area contributed by atoms with Gasteiger partial charge in [-0.15, -0.1) is 0 Å². The van der Waals surface area contributed by atoms with Crippen LogP contribution in [0.3, 0.4) is 0 Å². The largest absolute Gasteiger partial charge is 0.310 e. The number of carbonyl (C=O) groups excluding carboxylic acids is 1. The number of aromatic nitrogens is 2. The number of hydrogen-bond donors (Lipinski definition) is 1. The molecule has 1 amide bonds. The molecule has 4 aromatic rings. The van der Waals surface area contributed by atoms with Crippen molar-refractivity contribution in [1.82, 2.24) is 9.97 Å². The predicted molar refractivity (Wildman–Crippen MR) is 121 cm³/mol. The maximum Gasteiger partial charge on any atom is 0.237 e. The van der Waals surface area contributed by atoms with Gasteiger partial charge in [0.15, 0.2) is 0 Å². The number of fused-ring (bicyclic) bond motifs is 4. The van der Waals surface area contributed by atoms with E-state index in [4.69, 9.17) is 4.98 Å². The number of nitrogens with one attached hydrogen (secondary N) is 1. The molecule has 1 atom stereocenters. The standard InChI is InChI=1S/C27H19N3O/c1-17-4-6-18(7-5-17)8-10-22-11-9-19-13-20-15-27(16-21(20)14-24(19)29-22)23-3-2-12-28-25(23)30-26(27)31/h2-7,9,11-14H,15-16H2,1H3,(H,28,30,31). The lowest BCUT2D eigenvalue weighted by Crippen LogP contribution is -2.35. The van der Waals surface area contributed by atoms with Crippen molar-refractivity contribution < 1.29 is 4.79 Å². The van der Waals surface area contributed by atoms with Gasteiger partial charge < -0.3 is 5.32 Å². The normalized spacial score (nSPS) is 18.4. The average molecular weight is 401 g/mol. The quantitative estimate of drug-likeness (QED) is 0.446. The van der Waals surface area contributed by atoms with E-state index in [1.54, 1.807) is 6.20 Å². The highest BCUT2D eigenvalue weighted by Gasteiger charge is 2.51. The zero-order valence-corrected chi connectivity index (χ0v) is 17.1. The third kappa shape index (κ3) is 2.82. The SMILES string of the molecule is Cc1ccc(C#Cc2ccc3cc4c(cc3n2)CC2(C4)C(=O)Nc3ncccc32)cc1. The number of pyridine rings is 2. The third-order valence-electron chi connectivity index (χ3n) is 6.37. The first-order valence-corrected chi connectivity index (χ1v) is 10.4. The van der Waals surface area contributed by atoms with Crippen molar-refractivity contribution in [2.75, 3.05) is 5.32 Å². The number of carbonyl (C=O) groups is 1. The fourth-order valence-electron chi connectivity index (χ4n) is 4.74. The van der Waals surface area contributed by atoms with Crippen LogP contribution in [0.5, 0.6) is 0 Å². The topological polar surface area (TPSA) is 54.9 Å².